The molecule has 0 aromatic rings. The van der Waals surface area contributed by atoms with Gasteiger partial charge in [-0.05, 0) is 33.2 Å². The minimum Gasteiger partial charge on any atom is -0.378 e. The summed E-state index contributed by atoms with van der Waals surface area (Å²) < 4.78 is 5.57. The van der Waals surface area contributed by atoms with E-state index in [-0.39, 0.29) is 0 Å². The fraction of sp³-hybridized carbons (Fsp3) is 1.00. The lowest BCUT2D eigenvalue weighted by Crippen LogP contribution is -2.29. The Balaban J connectivity index is 3.33. The third-order valence-electron chi connectivity index (χ3n) is 1.84. The third kappa shape index (κ3) is 6.62. The van der Waals surface area contributed by atoms with E-state index in [1.165, 1.54) is 0 Å². The third-order valence-corrected chi connectivity index (χ3v) is 1.84. The van der Waals surface area contributed by atoms with Crippen molar-refractivity contribution in [3.05, 3.63) is 0 Å². The second kappa shape index (κ2) is 7.56. The zero-order valence-electron chi connectivity index (χ0n) is 8.89. The predicted molar refractivity (Wildman–Crippen MR) is 53.5 cm³/mol. The van der Waals surface area contributed by atoms with E-state index >= 15 is 0 Å². The fourth-order valence-corrected chi connectivity index (χ4v) is 1.32. The van der Waals surface area contributed by atoms with Crippen molar-refractivity contribution in [2.45, 2.75) is 52.7 Å². The van der Waals surface area contributed by atoms with Gasteiger partial charge in [0.2, 0.25) is 0 Å². The highest BCUT2D eigenvalue weighted by Crippen LogP contribution is 2.02. The zero-order chi connectivity index (χ0) is 9.40. The van der Waals surface area contributed by atoms with Crippen molar-refractivity contribution in [3.63, 3.8) is 0 Å². The largest absolute Gasteiger partial charge is 0.378 e. The molecule has 0 aromatic carbocycles. The average molecular weight is 173 g/mol. The van der Waals surface area contributed by atoms with Crippen LogP contribution >= 0.6 is 0 Å². The topological polar surface area (TPSA) is 21.3 Å². The molecule has 0 aliphatic rings. The van der Waals surface area contributed by atoms with Crippen molar-refractivity contribution in [1.29, 1.82) is 0 Å². The van der Waals surface area contributed by atoms with Gasteiger partial charge in [-0.3, -0.25) is 0 Å². The first-order chi connectivity index (χ1) is 5.70. The van der Waals surface area contributed by atoms with E-state index in [2.05, 4.69) is 33.0 Å². The first-order valence-corrected chi connectivity index (χ1v) is 5.05. The summed E-state index contributed by atoms with van der Waals surface area (Å²) in [7, 11) is 0. The van der Waals surface area contributed by atoms with E-state index in [4.69, 9.17) is 4.74 Å². The molecule has 1 N–H and O–H groups in total. The maximum Gasteiger partial charge on any atom is 0.0561 e. The molecule has 2 atom stereocenters. The Morgan fingerprint density at radius 2 is 1.92 bits per heavy atom. The molecule has 0 amide bonds. The average Bonchev–Trinajstić information content (AvgIpc) is 2.01. The van der Waals surface area contributed by atoms with Crippen LogP contribution in [0.3, 0.4) is 0 Å². The predicted octanol–water partition coefficient (Wildman–Crippen LogP) is 2.19. The molecule has 0 saturated heterocycles. The van der Waals surface area contributed by atoms with Gasteiger partial charge in [0, 0.05) is 12.6 Å². The molecule has 0 saturated carbocycles. The molecule has 0 fully saturated rings. The van der Waals surface area contributed by atoms with Crippen LogP contribution in [0.25, 0.3) is 0 Å². The number of ether oxygens (including phenoxy) is 1. The normalized spacial score (nSPS) is 16.0. The summed E-state index contributed by atoms with van der Waals surface area (Å²) in [6.07, 6.45) is 2.60. The minimum atomic E-state index is 0.388. The van der Waals surface area contributed by atoms with Crippen LogP contribution in [0.5, 0.6) is 0 Å². The molecule has 2 heteroatoms. The van der Waals surface area contributed by atoms with E-state index in [1.54, 1.807) is 0 Å². The number of hydrogen-bond acceptors (Lipinski definition) is 2. The van der Waals surface area contributed by atoms with Gasteiger partial charge in [-0.25, -0.2) is 0 Å². The molecular weight excluding hydrogens is 150 g/mol. The molecule has 0 spiro atoms. The lowest BCUT2D eigenvalue weighted by Gasteiger charge is -2.18. The Labute approximate surface area is 76.7 Å². The maximum absolute atomic E-state index is 5.57. The molecule has 0 rings (SSSR count). The summed E-state index contributed by atoms with van der Waals surface area (Å²) in [6.45, 7) is 10.6. The first-order valence-electron chi connectivity index (χ1n) is 5.05. The van der Waals surface area contributed by atoms with Crippen LogP contribution in [0.2, 0.25) is 0 Å². The number of hydrogen-bond donors (Lipinski definition) is 1. The van der Waals surface area contributed by atoms with Gasteiger partial charge in [-0.2, -0.15) is 0 Å². The molecule has 74 valence electrons. The van der Waals surface area contributed by atoms with E-state index < -0.39 is 0 Å². The second-order valence-corrected chi connectivity index (χ2v) is 3.38. The highest BCUT2D eigenvalue weighted by molar-refractivity contribution is 4.63. The van der Waals surface area contributed by atoms with E-state index in [9.17, 15) is 0 Å². The molecule has 0 aliphatic heterocycles. The minimum absolute atomic E-state index is 0.388. The van der Waals surface area contributed by atoms with Crippen molar-refractivity contribution in [2.75, 3.05) is 13.2 Å². The summed E-state index contributed by atoms with van der Waals surface area (Å²) in [5.41, 5.74) is 0. The van der Waals surface area contributed by atoms with E-state index in [0.717, 1.165) is 26.0 Å². The maximum atomic E-state index is 5.57. The molecule has 0 aromatic heterocycles. The Kier molecular flexibility index (Phi) is 7.51. The van der Waals surface area contributed by atoms with E-state index in [0.29, 0.717) is 12.1 Å². The van der Waals surface area contributed by atoms with Gasteiger partial charge < -0.3 is 10.1 Å². The van der Waals surface area contributed by atoms with Gasteiger partial charge in [0.1, 0.15) is 0 Å². The van der Waals surface area contributed by atoms with Crippen molar-refractivity contribution in [3.8, 4) is 0 Å². The van der Waals surface area contributed by atoms with Crippen LogP contribution in [0.15, 0.2) is 0 Å². The summed E-state index contributed by atoms with van der Waals surface area (Å²) in [5.74, 6) is 0. The summed E-state index contributed by atoms with van der Waals surface area (Å²) in [6, 6.07) is 0.571. The Morgan fingerprint density at radius 1 is 1.25 bits per heavy atom. The monoisotopic (exact) mass is 173 g/mol. The Bertz CT molecular complexity index is 95.8. The Hall–Kier alpha value is -0.0800. The summed E-state index contributed by atoms with van der Waals surface area (Å²) in [4.78, 5) is 0. The van der Waals surface area contributed by atoms with Crippen molar-refractivity contribution in [1.82, 2.24) is 5.32 Å². The van der Waals surface area contributed by atoms with Gasteiger partial charge in [0.05, 0.1) is 6.10 Å². The molecular formula is C10H23NO. The molecule has 2 nitrogen and oxygen atoms in total. The van der Waals surface area contributed by atoms with Crippen LogP contribution in [-0.4, -0.2) is 25.3 Å². The molecule has 12 heavy (non-hydrogen) atoms. The van der Waals surface area contributed by atoms with Crippen molar-refractivity contribution < 1.29 is 4.74 Å². The SMILES string of the molecule is CCCOC(C)CC(C)NCC. The molecule has 0 bridgehead atoms. The van der Waals surface area contributed by atoms with E-state index in [1.807, 2.05) is 0 Å². The fourth-order valence-electron chi connectivity index (χ4n) is 1.32. The molecule has 2 unspecified atom stereocenters. The zero-order valence-corrected chi connectivity index (χ0v) is 8.89. The van der Waals surface area contributed by atoms with Crippen LogP contribution in [0.1, 0.15) is 40.5 Å². The number of nitrogens with one attached hydrogen (secondary N) is 1. The molecule has 0 aliphatic carbocycles. The van der Waals surface area contributed by atoms with Gasteiger partial charge in [0.25, 0.3) is 0 Å². The van der Waals surface area contributed by atoms with Crippen molar-refractivity contribution in [2.24, 2.45) is 0 Å². The van der Waals surface area contributed by atoms with Crippen LogP contribution < -0.4 is 5.32 Å². The van der Waals surface area contributed by atoms with Gasteiger partial charge in [-0.1, -0.05) is 13.8 Å². The number of rotatable bonds is 7. The molecule has 0 heterocycles. The highest BCUT2D eigenvalue weighted by Gasteiger charge is 2.06. The standard InChI is InChI=1S/C10H23NO/c1-5-7-12-10(4)8-9(3)11-6-2/h9-11H,5-8H2,1-4H3. The van der Waals surface area contributed by atoms with Crippen LogP contribution in [-0.2, 0) is 4.74 Å². The Morgan fingerprint density at radius 3 is 2.42 bits per heavy atom. The summed E-state index contributed by atoms with van der Waals surface area (Å²) >= 11 is 0. The quantitative estimate of drug-likeness (QED) is 0.637. The first kappa shape index (κ1) is 11.9. The van der Waals surface area contributed by atoms with Gasteiger partial charge in [-0.15, -0.1) is 0 Å². The van der Waals surface area contributed by atoms with Crippen molar-refractivity contribution >= 4 is 0 Å². The van der Waals surface area contributed by atoms with Crippen LogP contribution in [0.4, 0.5) is 0 Å². The lowest BCUT2D eigenvalue weighted by atomic mass is 10.1. The second-order valence-electron chi connectivity index (χ2n) is 3.38. The lowest BCUT2D eigenvalue weighted by molar-refractivity contribution is 0.0548. The molecule has 0 radical (unpaired) electrons. The van der Waals surface area contributed by atoms with Gasteiger partial charge in [0.15, 0.2) is 0 Å². The van der Waals surface area contributed by atoms with Crippen LogP contribution in [0, 0.1) is 0 Å². The highest BCUT2D eigenvalue weighted by atomic mass is 16.5. The summed E-state index contributed by atoms with van der Waals surface area (Å²) in [5, 5.41) is 3.37. The smallest absolute Gasteiger partial charge is 0.0561 e. The van der Waals surface area contributed by atoms with Gasteiger partial charge >= 0.3 is 0 Å².